The quantitative estimate of drug-likeness (QED) is 0.795. The van der Waals surface area contributed by atoms with Crippen molar-refractivity contribution in [1.82, 2.24) is 15.0 Å². The second kappa shape index (κ2) is 5.51. The molecule has 0 unspecified atom stereocenters. The summed E-state index contributed by atoms with van der Waals surface area (Å²) in [6.07, 6.45) is 3.42. The van der Waals surface area contributed by atoms with E-state index in [1.807, 2.05) is 6.92 Å². The third kappa shape index (κ3) is 3.44. The molecule has 2 heterocycles. The van der Waals surface area contributed by atoms with E-state index in [9.17, 15) is 0 Å². The Hall–Kier alpha value is -1.07. The molecule has 17 heavy (non-hydrogen) atoms. The van der Waals surface area contributed by atoms with Crippen LogP contribution in [0, 0.1) is 6.92 Å². The van der Waals surface area contributed by atoms with E-state index in [4.69, 9.17) is 16.0 Å². The van der Waals surface area contributed by atoms with Crippen molar-refractivity contribution >= 4 is 23.4 Å². The van der Waals surface area contributed by atoms with Crippen molar-refractivity contribution < 1.29 is 4.42 Å². The molecule has 0 saturated heterocycles. The topological polar surface area (TPSA) is 51.8 Å². The Morgan fingerprint density at radius 2 is 2.18 bits per heavy atom. The van der Waals surface area contributed by atoms with Crippen molar-refractivity contribution in [3.8, 4) is 0 Å². The van der Waals surface area contributed by atoms with Crippen LogP contribution < -0.4 is 0 Å². The van der Waals surface area contributed by atoms with Crippen molar-refractivity contribution in [3.63, 3.8) is 0 Å². The summed E-state index contributed by atoms with van der Waals surface area (Å²) >= 11 is 7.29. The molecule has 90 valence electrons. The van der Waals surface area contributed by atoms with E-state index in [1.165, 1.54) is 11.8 Å². The molecule has 0 aliphatic carbocycles. The number of nitrogens with zero attached hydrogens (tertiary/aromatic N) is 3. The molecule has 2 aromatic heterocycles. The van der Waals surface area contributed by atoms with Crippen LogP contribution >= 0.6 is 23.4 Å². The molecule has 0 aliphatic heterocycles. The van der Waals surface area contributed by atoms with Gasteiger partial charge in [0.1, 0.15) is 22.3 Å². The molecule has 0 spiro atoms. The Morgan fingerprint density at radius 1 is 1.35 bits per heavy atom. The molecule has 0 radical (unpaired) electrons. The summed E-state index contributed by atoms with van der Waals surface area (Å²) in [5.74, 6) is 0.755. The van der Waals surface area contributed by atoms with Crippen LogP contribution in [0.1, 0.15) is 24.9 Å². The number of halogens is 1. The standard InChI is InChI=1S/C11H12ClN3OS/c1-3-4-9-14-8(12)5-10(15-9)17-11-13-7(2)6-16-11/h5-6H,3-4H2,1-2H3. The molecule has 4 nitrogen and oxygen atoms in total. The predicted molar refractivity (Wildman–Crippen MR) is 66.4 cm³/mol. The Labute approximate surface area is 109 Å². The molecule has 0 bridgehead atoms. The van der Waals surface area contributed by atoms with Gasteiger partial charge in [-0.25, -0.2) is 15.0 Å². The monoisotopic (exact) mass is 269 g/mol. The zero-order valence-electron chi connectivity index (χ0n) is 9.61. The fourth-order valence-electron chi connectivity index (χ4n) is 1.30. The fraction of sp³-hybridized carbons (Fsp3) is 0.364. The van der Waals surface area contributed by atoms with Gasteiger partial charge in [-0.2, -0.15) is 0 Å². The molecule has 0 saturated carbocycles. The van der Waals surface area contributed by atoms with E-state index in [-0.39, 0.29) is 0 Å². The first-order chi connectivity index (χ1) is 8.17. The van der Waals surface area contributed by atoms with Crippen LogP contribution in [0.25, 0.3) is 0 Å². The van der Waals surface area contributed by atoms with Gasteiger partial charge >= 0.3 is 0 Å². The van der Waals surface area contributed by atoms with Crippen molar-refractivity contribution in [3.05, 3.63) is 29.0 Å². The molecule has 0 aliphatic rings. The Balaban J connectivity index is 2.20. The Bertz CT molecular complexity index is 515. The van der Waals surface area contributed by atoms with Gasteiger partial charge in [0, 0.05) is 12.5 Å². The summed E-state index contributed by atoms with van der Waals surface area (Å²) < 4.78 is 5.26. The SMILES string of the molecule is CCCc1nc(Cl)cc(Sc2nc(C)co2)n1. The first kappa shape index (κ1) is 12.4. The smallest absolute Gasteiger partial charge is 0.262 e. The summed E-state index contributed by atoms with van der Waals surface area (Å²) in [7, 11) is 0. The van der Waals surface area contributed by atoms with Gasteiger partial charge in [-0.3, -0.25) is 0 Å². The van der Waals surface area contributed by atoms with Gasteiger partial charge < -0.3 is 4.42 Å². The van der Waals surface area contributed by atoms with Crippen LogP contribution in [-0.2, 0) is 6.42 Å². The third-order valence-corrected chi connectivity index (χ3v) is 2.96. The van der Waals surface area contributed by atoms with Crippen LogP contribution in [0.5, 0.6) is 0 Å². The molecule has 0 N–H and O–H groups in total. The number of aromatic nitrogens is 3. The van der Waals surface area contributed by atoms with Gasteiger partial charge in [0.2, 0.25) is 0 Å². The highest BCUT2D eigenvalue weighted by molar-refractivity contribution is 7.99. The van der Waals surface area contributed by atoms with E-state index < -0.39 is 0 Å². The number of oxazole rings is 1. The fourth-order valence-corrected chi connectivity index (χ4v) is 2.35. The number of hydrogen-bond acceptors (Lipinski definition) is 5. The molecular weight excluding hydrogens is 258 g/mol. The summed E-state index contributed by atoms with van der Waals surface area (Å²) in [4.78, 5) is 12.8. The lowest BCUT2D eigenvalue weighted by molar-refractivity contribution is 0.453. The summed E-state index contributed by atoms with van der Waals surface area (Å²) in [6.45, 7) is 3.96. The van der Waals surface area contributed by atoms with Crippen molar-refractivity contribution in [2.75, 3.05) is 0 Å². The molecule has 0 atom stereocenters. The first-order valence-corrected chi connectivity index (χ1v) is 6.50. The molecule has 0 aromatic carbocycles. The first-order valence-electron chi connectivity index (χ1n) is 5.31. The van der Waals surface area contributed by atoms with E-state index in [0.717, 1.165) is 29.4 Å². The Morgan fingerprint density at radius 3 is 2.82 bits per heavy atom. The minimum absolute atomic E-state index is 0.453. The highest BCUT2D eigenvalue weighted by Gasteiger charge is 2.08. The zero-order valence-corrected chi connectivity index (χ0v) is 11.2. The summed E-state index contributed by atoms with van der Waals surface area (Å²) in [6, 6.07) is 1.71. The second-order valence-electron chi connectivity index (χ2n) is 3.55. The minimum Gasteiger partial charge on any atom is -0.439 e. The summed E-state index contributed by atoms with van der Waals surface area (Å²) in [5.41, 5.74) is 0.849. The molecule has 0 fully saturated rings. The number of hydrogen-bond donors (Lipinski definition) is 0. The molecular formula is C11H12ClN3OS. The van der Waals surface area contributed by atoms with Crippen LogP contribution in [0.3, 0.4) is 0 Å². The molecule has 0 amide bonds. The average Bonchev–Trinajstić information content (AvgIpc) is 2.63. The lowest BCUT2D eigenvalue weighted by Gasteiger charge is -2.01. The maximum atomic E-state index is 5.94. The predicted octanol–water partition coefficient (Wildman–Crippen LogP) is 3.53. The lowest BCUT2D eigenvalue weighted by atomic mass is 10.3. The summed E-state index contributed by atoms with van der Waals surface area (Å²) in [5, 5.41) is 1.78. The lowest BCUT2D eigenvalue weighted by Crippen LogP contribution is -1.96. The van der Waals surface area contributed by atoms with Crippen LogP contribution in [0.2, 0.25) is 5.15 Å². The average molecular weight is 270 g/mol. The van der Waals surface area contributed by atoms with Crippen LogP contribution in [0.15, 0.2) is 27.0 Å². The van der Waals surface area contributed by atoms with Crippen molar-refractivity contribution in [2.45, 2.75) is 36.9 Å². The van der Waals surface area contributed by atoms with E-state index in [2.05, 4.69) is 21.9 Å². The highest BCUT2D eigenvalue weighted by atomic mass is 35.5. The molecule has 2 aromatic rings. The van der Waals surface area contributed by atoms with Crippen molar-refractivity contribution in [2.24, 2.45) is 0 Å². The van der Waals surface area contributed by atoms with Gasteiger partial charge in [0.25, 0.3) is 5.22 Å². The van der Waals surface area contributed by atoms with Gasteiger partial charge in [-0.05, 0) is 25.1 Å². The molecule has 6 heteroatoms. The van der Waals surface area contributed by atoms with Gasteiger partial charge in [0.15, 0.2) is 0 Å². The number of aryl methyl sites for hydroxylation is 2. The normalized spacial score (nSPS) is 10.8. The van der Waals surface area contributed by atoms with Crippen LogP contribution in [0.4, 0.5) is 0 Å². The maximum Gasteiger partial charge on any atom is 0.262 e. The highest BCUT2D eigenvalue weighted by Crippen LogP contribution is 2.26. The van der Waals surface area contributed by atoms with E-state index in [0.29, 0.717) is 10.4 Å². The second-order valence-corrected chi connectivity index (χ2v) is 4.91. The number of rotatable bonds is 4. The van der Waals surface area contributed by atoms with E-state index >= 15 is 0 Å². The molecule has 2 rings (SSSR count). The zero-order chi connectivity index (χ0) is 12.3. The van der Waals surface area contributed by atoms with Gasteiger partial charge in [-0.15, -0.1) is 0 Å². The van der Waals surface area contributed by atoms with Crippen LogP contribution in [-0.4, -0.2) is 15.0 Å². The van der Waals surface area contributed by atoms with Gasteiger partial charge in [0.05, 0.1) is 5.69 Å². The Kier molecular flexibility index (Phi) is 4.02. The minimum atomic E-state index is 0.453. The van der Waals surface area contributed by atoms with Crippen molar-refractivity contribution in [1.29, 1.82) is 0 Å². The van der Waals surface area contributed by atoms with E-state index in [1.54, 1.807) is 12.3 Å². The maximum absolute atomic E-state index is 5.94. The largest absolute Gasteiger partial charge is 0.439 e. The third-order valence-electron chi connectivity index (χ3n) is 1.98. The van der Waals surface area contributed by atoms with Gasteiger partial charge in [-0.1, -0.05) is 18.5 Å².